The van der Waals surface area contributed by atoms with Gasteiger partial charge in [-0.05, 0) is 55.5 Å². The number of aromatic nitrogens is 4. The zero-order valence-electron chi connectivity index (χ0n) is 29.2. The second-order valence-corrected chi connectivity index (χ2v) is 18.6. The van der Waals surface area contributed by atoms with Crippen LogP contribution in [0.4, 0.5) is 0 Å². The Kier molecular flexibility index (Phi) is 26.5. The van der Waals surface area contributed by atoms with Gasteiger partial charge in [-0.2, -0.15) is 0 Å². The predicted molar refractivity (Wildman–Crippen MR) is 211 cm³/mol. The number of hydrogen-bond acceptors (Lipinski definition) is 2. The number of nitrogens with zero attached hydrogens (tertiary/aromatic N) is 4. The molecule has 14 heteroatoms. The van der Waals surface area contributed by atoms with Gasteiger partial charge in [0.15, 0.2) is 0 Å². The maximum atomic E-state index is 5.56. The molecule has 278 valence electrons. The third-order valence-corrected chi connectivity index (χ3v) is 15.3. The Hall–Kier alpha value is 0.648. The van der Waals surface area contributed by atoms with Gasteiger partial charge in [0.1, 0.15) is 12.4 Å². The van der Waals surface area contributed by atoms with Crippen LogP contribution in [0.1, 0.15) is 102 Å². The molecule has 0 spiro atoms. The number of halogens is 5. The molecule has 3 aliphatic carbocycles. The molecule has 0 amide bonds. The molecule has 0 unspecified atom stereocenters. The van der Waals surface area contributed by atoms with Crippen LogP contribution in [0.3, 0.4) is 0 Å². The van der Waals surface area contributed by atoms with E-state index in [4.69, 9.17) is 71.7 Å². The number of aryl methyl sites for hydroxylation is 2. The van der Waals surface area contributed by atoms with Crippen molar-refractivity contribution in [3.8, 4) is 0 Å². The molecule has 3 aromatic rings. The van der Waals surface area contributed by atoms with Gasteiger partial charge in [-0.15, -0.1) is 46.4 Å². The molecular weight excluding hydrogens is 861 g/mol. The molecule has 0 N–H and O–H groups in total. The first-order chi connectivity index (χ1) is 22.9. The Balaban J connectivity index is 0.000000411. The number of hydrogen-bond donors (Lipinski definition) is 0. The summed E-state index contributed by atoms with van der Waals surface area (Å²) in [4.78, 5) is 0. The van der Waals surface area contributed by atoms with Crippen LogP contribution in [-0.4, -0.2) is 43.8 Å². The Morgan fingerprint density at radius 1 is 0.653 bits per heavy atom. The summed E-state index contributed by atoms with van der Waals surface area (Å²) in [7, 11) is 4.33. The van der Waals surface area contributed by atoms with Crippen LogP contribution in [0, 0.1) is 0 Å². The van der Waals surface area contributed by atoms with Crippen LogP contribution < -0.4 is 21.4 Å². The topological polar surface area (TPSA) is 17.6 Å². The second kappa shape index (κ2) is 27.3. The van der Waals surface area contributed by atoms with Crippen molar-refractivity contribution in [3.63, 3.8) is 0 Å². The van der Waals surface area contributed by atoms with E-state index >= 15 is 0 Å². The summed E-state index contributed by atoms with van der Waals surface area (Å²) in [6.45, 7) is -0.966. The minimum atomic E-state index is -0.966. The van der Waals surface area contributed by atoms with Crippen molar-refractivity contribution in [1.82, 2.24) is 9.13 Å². The van der Waals surface area contributed by atoms with Crippen molar-refractivity contribution < 1.29 is 40.8 Å². The molecule has 0 saturated heterocycles. The number of rotatable bonds is 7. The average Bonchev–Trinajstić information content (AvgIpc) is 3.62. The van der Waals surface area contributed by atoms with Gasteiger partial charge in [-0.25, -0.2) is 0 Å². The van der Waals surface area contributed by atoms with Gasteiger partial charge in [0, 0.05) is 0 Å². The van der Waals surface area contributed by atoms with Crippen molar-refractivity contribution in [1.29, 1.82) is 0 Å². The van der Waals surface area contributed by atoms with E-state index in [2.05, 4.69) is 45.6 Å². The van der Waals surface area contributed by atoms with E-state index in [1.54, 1.807) is 77.0 Å². The monoisotopic (exact) mass is 914 g/mol. The molecule has 3 fully saturated rings. The molecule has 3 aliphatic rings. The Bertz CT molecular complexity index is 1170. The molecular formula is C35H55BCl5N4PRuS2. The van der Waals surface area contributed by atoms with E-state index < -0.39 is 6.98 Å². The second-order valence-electron chi connectivity index (χ2n) is 13.2. The Labute approximate surface area is 349 Å². The maximum absolute atomic E-state index is 5.56. The summed E-state index contributed by atoms with van der Waals surface area (Å²) < 4.78 is 8.29. The van der Waals surface area contributed by atoms with E-state index in [0.29, 0.717) is 7.92 Å². The SMILES string of the molecule is C1CCC(P(C2CCCCC2)C2CCCCC2)CC1.ClCCl.ClCCl.Cn1cc[n+]([BH-](Cc2ccccc2)[n+]2ccn(C)c2[S-])c1[S-].[Cl-].[Ru+2]. The van der Waals surface area contributed by atoms with E-state index in [1.807, 2.05) is 41.7 Å². The van der Waals surface area contributed by atoms with E-state index in [-0.39, 0.29) is 42.6 Å². The summed E-state index contributed by atoms with van der Waals surface area (Å²) in [6.07, 6.45) is 32.6. The number of benzene rings is 1. The normalized spacial score (nSPS) is 17.0. The van der Waals surface area contributed by atoms with Gasteiger partial charge in [0.25, 0.3) is 0 Å². The molecule has 0 aliphatic heterocycles. The minimum Gasteiger partial charge on any atom is -1.00 e. The maximum Gasteiger partial charge on any atom is 2.00 e. The Morgan fingerprint density at radius 2 is 0.980 bits per heavy atom. The summed E-state index contributed by atoms with van der Waals surface area (Å²) >= 11 is 30.2. The molecule has 0 radical (unpaired) electrons. The first-order valence-electron chi connectivity index (χ1n) is 17.6. The molecule has 0 bridgehead atoms. The zero-order chi connectivity index (χ0) is 34.0. The van der Waals surface area contributed by atoms with Crippen LogP contribution >= 0.6 is 54.3 Å². The van der Waals surface area contributed by atoms with Crippen molar-refractivity contribution in [2.75, 3.05) is 10.7 Å². The smallest absolute Gasteiger partial charge is 1.00 e. The van der Waals surface area contributed by atoms with Crippen LogP contribution in [-0.2, 0) is 65.2 Å². The third-order valence-electron chi connectivity index (χ3n) is 10.2. The summed E-state index contributed by atoms with van der Waals surface area (Å²) in [6, 6.07) is 10.5. The number of alkyl halides is 4. The first kappa shape index (κ1) is 47.7. The third kappa shape index (κ3) is 15.5. The summed E-state index contributed by atoms with van der Waals surface area (Å²) in [5.74, 6) is 0. The first-order valence-corrected chi connectivity index (χ1v) is 22.1. The van der Waals surface area contributed by atoms with E-state index in [1.165, 1.54) is 41.8 Å². The van der Waals surface area contributed by atoms with Crippen LogP contribution in [0.15, 0.2) is 65.4 Å². The standard InChI is InChI=1S/C18H33P.C15H19BN4S2.2CH2Cl2.ClH.Ru/c1-4-10-16(11-5-1)19(17-12-6-2-7-13-17)18-14-8-3-9-15-18;1-17-8-10-19(14(17)21)16(12-13-6-4-3-5-7-13)20-11-9-18(2)15(20)22;2*2-1-3;;/h16-18H,1-15H2;3-11,16H,12H2,1-2H3,(H-,21,22);2*1H2;1H;/q;;;;;+2/p-2. The van der Waals surface area contributed by atoms with Gasteiger partial charge in [-0.3, -0.25) is 9.13 Å². The molecule has 3 saturated carbocycles. The zero-order valence-corrected chi connectivity index (χ0v) is 37.2. The fourth-order valence-corrected chi connectivity index (χ4v) is 13.1. The Morgan fingerprint density at radius 3 is 1.27 bits per heavy atom. The van der Waals surface area contributed by atoms with Gasteiger partial charge in [0.2, 0.25) is 0 Å². The predicted octanol–water partition coefficient (Wildman–Crippen LogP) is 6.46. The largest absolute Gasteiger partial charge is 2.00 e. The molecule has 0 atom stereocenters. The molecule has 1 aromatic carbocycles. The van der Waals surface area contributed by atoms with E-state index in [9.17, 15) is 0 Å². The molecule has 6 rings (SSSR count). The molecule has 2 heterocycles. The quantitative estimate of drug-likeness (QED) is 0.117. The fraction of sp³-hybridized carbons (Fsp3) is 0.657. The van der Waals surface area contributed by atoms with E-state index in [0.717, 1.165) is 16.6 Å². The van der Waals surface area contributed by atoms with Crippen molar-refractivity contribution in [2.45, 2.75) is 130 Å². The van der Waals surface area contributed by atoms with Crippen LogP contribution in [0.2, 0.25) is 0 Å². The van der Waals surface area contributed by atoms with Crippen molar-refractivity contribution in [2.24, 2.45) is 14.1 Å². The number of imidazole rings is 2. The molecule has 4 nitrogen and oxygen atoms in total. The molecule has 2 aromatic heterocycles. The van der Waals surface area contributed by atoms with Crippen molar-refractivity contribution >= 4 is 86.6 Å². The van der Waals surface area contributed by atoms with Crippen molar-refractivity contribution in [3.05, 3.63) is 60.7 Å². The fourth-order valence-electron chi connectivity index (χ4n) is 7.92. The van der Waals surface area contributed by atoms with Crippen LogP contribution in [0.5, 0.6) is 0 Å². The van der Waals surface area contributed by atoms with Gasteiger partial charge < -0.3 is 46.6 Å². The minimum absolute atomic E-state index is 0. The van der Waals surface area contributed by atoms with Crippen LogP contribution in [0.25, 0.3) is 0 Å². The van der Waals surface area contributed by atoms with Gasteiger partial charge >= 0.3 is 26.5 Å². The van der Waals surface area contributed by atoms with Gasteiger partial charge in [-0.1, -0.05) is 108 Å². The summed E-state index contributed by atoms with van der Waals surface area (Å²) in [5.41, 5.74) is 4.86. The molecule has 49 heavy (non-hydrogen) atoms. The summed E-state index contributed by atoms with van der Waals surface area (Å²) in [5, 5.41) is 2.03. The van der Waals surface area contributed by atoms with Gasteiger partial charge in [0.05, 0.1) is 47.5 Å². The average molecular weight is 916 g/mol.